The van der Waals surface area contributed by atoms with Gasteiger partial charge < -0.3 is 15.0 Å². The second-order valence-corrected chi connectivity index (χ2v) is 5.41. The van der Waals surface area contributed by atoms with E-state index in [1.165, 1.54) is 5.56 Å². The zero-order chi connectivity index (χ0) is 16.7. The number of aliphatic imine (C=N–C) groups is 1. The van der Waals surface area contributed by atoms with E-state index >= 15 is 0 Å². The number of guanidine groups is 1. The standard InChI is InChI=1S/C17H25N5O/c1-18-17(19-10-9-14-11-20-22(3)12-14)21(2)13-15-7-5-6-8-16(15)23-4/h5-8,11-12H,9-10,13H2,1-4H3,(H,18,19). The summed E-state index contributed by atoms with van der Waals surface area (Å²) < 4.78 is 7.22. The molecule has 2 aromatic rings. The average Bonchev–Trinajstić information content (AvgIpc) is 2.97. The molecule has 0 saturated heterocycles. The molecule has 23 heavy (non-hydrogen) atoms. The molecule has 0 atom stereocenters. The summed E-state index contributed by atoms with van der Waals surface area (Å²) in [6.07, 6.45) is 4.83. The van der Waals surface area contributed by atoms with Gasteiger partial charge in [-0.3, -0.25) is 9.67 Å². The van der Waals surface area contributed by atoms with Crippen LogP contribution in [0.25, 0.3) is 0 Å². The smallest absolute Gasteiger partial charge is 0.193 e. The Hall–Kier alpha value is -2.50. The maximum absolute atomic E-state index is 5.40. The van der Waals surface area contributed by atoms with Gasteiger partial charge in [-0.1, -0.05) is 18.2 Å². The van der Waals surface area contributed by atoms with E-state index in [1.54, 1.807) is 14.2 Å². The first-order chi connectivity index (χ1) is 11.1. The fourth-order valence-corrected chi connectivity index (χ4v) is 2.47. The molecule has 0 saturated carbocycles. The molecule has 1 N–H and O–H groups in total. The van der Waals surface area contributed by atoms with Crippen LogP contribution in [0.1, 0.15) is 11.1 Å². The summed E-state index contributed by atoms with van der Waals surface area (Å²) in [5.41, 5.74) is 2.34. The Bertz CT molecular complexity index is 650. The predicted octanol–water partition coefficient (Wildman–Crippen LogP) is 1.68. The Morgan fingerprint density at radius 3 is 2.83 bits per heavy atom. The summed E-state index contributed by atoms with van der Waals surface area (Å²) in [6, 6.07) is 8.04. The Labute approximate surface area is 137 Å². The van der Waals surface area contributed by atoms with Gasteiger partial charge in [0.1, 0.15) is 5.75 Å². The number of nitrogens with one attached hydrogen (secondary N) is 1. The Balaban J connectivity index is 1.89. The lowest BCUT2D eigenvalue weighted by atomic mass is 10.2. The van der Waals surface area contributed by atoms with Gasteiger partial charge in [0.05, 0.1) is 13.3 Å². The van der Waals surface area contributed by atoms with Crippen LogP contribution in [0.3, 0.4) is 0 Å². The summed E-state index contributed by atoms with van der Waals surface area (Å²) in [4.78, 5) is 6.43. The van der Waals surface area contributed by atoms with E-state index in [9.17, 15) is 0 Å². The van der Waals surface area contributed by atoms with Crippen molar-refractivity contribution < 1.29 is 4.74 Å². The van der Waals surface area contributed by atoms with Crippen LogP contribution in [0.15, 0.2) is 41.7 Å². The highest BCUT2D eigenvalue weighted by Crippen LogP contribution is 2.18. The quantitative estimate of drug-likeness (QED) is 0.651. The molecule has 1 aromatic carbocycles. The largest absolute Gasteiger partial charge is 0.496 e. The fourth-order valence-electron chi connectivity index (χ4n) is 2.47. The molecule has 0 unspecified atom stereocenters. The van der Waals surface area contributed by atoms with Crippen molar-refractivity contribution in [1.82, 2.24) is 20.0 Å². The van der Waals surface area contributed by atoms with Crippen LogP contribution in [0.5, 0.6) is 5.75 Å². The van der Waals surface area contributed by atoms with Gasteiger partial charge in [-0.25, -0.2) is 0 Å². The van der Waals surface area contributed by atoms with Crippen LogP contribution in [0, 0.1) is 0 Å². The molecule has 0 aliphatic carbocycles. The first-order valence-corrected chi connectivity index (χ1v) is 7.65. The minimum absolute atomic E-state index is 0.733. The first-order valence-electron chi connectivity index (χ1n) is 7.65. The van der Waals surface area contributed by atoms with E-state index in [0.29, 0.717) is 0 Å². The molecule has 6 nitrogen and oxygen atoms in total. The van der Waals surface area contributed by atoms with Crippen LogP contribution in [-0.4, -0.2) is 48.4 Å². The van der Waals surface area contributed by atoms with E-state index in [1.807, 2.05) is 49.4 Å². The third-order valence-electron chi connectivity index (χ3n) is 3.63. The van der Waals surface area contributed by atoms with Crippen LogP contribution in [0.2, 0.25) is 0 Å². The van der Waals surface area contributed by atoms with Crippen molar-refractivity contribution in [3.8, 4) is 5.75 Å². The molecule has 0 spiro atoms. The van der Waals surface area contributed by atoms with Gasteiger partial charge in [0, 0.05) is 46.0 Å². The monoisotopic (exact) mass is 315 g/mol. The second kappa shape index (κ2) is 8.22. The Kier molecular flexibility index (Phi) is 6.02. The minimum atomic E-state index is 0.733. The molecular weight excluding hydrogens is 290 g/mol. The number of methoxy groups -OCH3 is 1. The van der Waals surface area contributed by atoms with Crippen molar-refractivity contribution in [2.24, 2.45) is 12.0 Å². The third-order valence-corrected chi connectivity index (χ3v) is 3.63. The number of aryl methyl sites for hydroxylation is 1. The summed E-state index contributed by atoms with van der Waals surface area (Å²) >= 11 is 0. The SMILES string of the molecule is CN=C(NCCc1cnn(C)c1)N(C)Cc1ccccc1OC. The van der Waals surface area contributed by atoms with Gasteiger partial charge in [-0.05, 0) is 18.1 Å². The van der Waals surface area contributed by atoms with Gasteiger partial charge in [0.25, 0.3) is 0 Å². The lowest BCUT2D eigenvalue weighted by Gasteiger charge is -2.23. The molecule has 0 fully saturated rings. The minimum Gasteiger partial charge on any atom is -0.496 e. The summed E-state index contributed by atoms with van der Waals surface area (Å²) in [5.74, 6) is 1.75. The fraction of sp³-hybridized carbons (Fsp3) is 0.412. The maximum Gasteiger partial charge on any atom is 0.193 e. The zero-order valence-electron chi connectivity index (χ0n) is 14.3. The number of benzene rings is 1. The lowest BCUT2D eigenvalue weighted by molar-refractivity contribution is 0.396. The van der Waals surface area contributed by atoms with Crippen molar-refractivity contribution in [2.45, 2.75) is 13.0 Å². The van der Waals surface area contributed by atoms with E-state index in [0.717, 1.165) is 36.8 Å². The summed E-state index contributed by atoms with van der Waals surface area (Å²) in [7, 11) is 7.44. The first kappa shape index (κ1) is 16.9. The van der Waals surface area contributed by atoms with Crippen molar-refractivity contribution in [3.63, 3.8) is 0 Å². The highest BCUT2D eigenvalue weighted by molar-refractivity contribution is 5.79. The van der Waals surface area contributed by atoms with Crippen molar-refractivity contribution in [3.05, 3.63) is 47.8 Å². The van der Waals surface area contributed by atoms with Gasteiger partial charge in [-0.2, -0.15) is 5.10 Å². The number of para-hydroxylation sites is 1. The molecule has 1 aromatic heterocycles. The topological polar surface area (TPSA) is 54.7 Å². The van der Waals surface area contributed by atoms with E-state index in [-0.39, 0.29) is 0 Å². The normalized spacial score (nSPS) is 11.4. The van der Waals surface area contributed by atoms with Gasteiger partial charge in [0.15, 0.2) is 5.96 Å². The zero-order valence-corrected chi connectivity index (χ0v) is 14.3. The second-order valence-electron chi connectivity index (χ2n) is 5.41. The molecule has 0 aliphatic heterocycles. The number of ether oxygens (including phenoxy) is 1. The number of aromatic nitrogens is 2. The van der Waals surface area contributed by atoms with Gasteiger partial charge >= 0.3 is 0 Å². The highest BCUT2D eigenvalue weighted by Gasteiger charge is 2.09. The average molecular weight is 315 g/mol. The van der Waals surface area contributed by atoms with Crippen LogP contribution in [0.4, 0.5) is 0 Å². The molecule has 0 bridgehead atoms. The molecule has 0 aliphatic rings. The van der Waals surface area contributed by atoms with Crippen molar-refractivity contribution >= 4 is 5.96 Å². The molecule has 124 valence electrons. The van der Waals surface area contributed by atoms with Gasteiger partial charge in [-0.15, -0.1) is 0 Å². The van der Waals surface area contributed by atoms with Crippen molar-refractivity contribution in [1.29, 1.82) is 0 Å². The number of hydrogen-bond donors (Lipinski definition) is 1. The molecule has 6 heteroatoms. The number of rotatable bonds is 6. The van der Waals surface area contributed by atoms with Crippen LogP contribution >= 0.6 is 0 Å². The van der Waals surface area contributed by atoms with E-state index < -0.39 is 0 Å². The lowest BCUT2D eigenvalue weighted by Crippen LogP contribution is -2.39. The molecule has 0 amide bonds. The molecule has 2 rings (SSSR count). The molecular formula is C17H25N5O. The van der Waals surface area contributed by atoms with Crippen LogP contribution in [-0.2, 0) is 20.0 Å². The van der Waals surface area contributed by atoms with E-state index in [4.69, 9.17) is 4.74 Å². The highest BCUT2D eigenvalue weighted by atomic mass is 16.5. The molecule has 1 heterocycles. The third kappa shape index (κ3) is 4.74. The summed E-state index contributed by atoms with van der Waals surface area (Å²) in [5, 5.41) is 7.56. The number of nitrogens with zero attached hydrogens (tertiary/aromatic N) is 4. The van der Waals surface area contributed by atoms with Crippen molar-refractivity contribution in [2.75, 3.05) is 27.7 Å². The summed E-state index contributed by atoms with van der Waals surface area (Å²) in [6.45, 7) is 1.55. The molecule has 0 radical (unpaired) electrons. The number of hydrogen-bond acceptors (Lipinski definition) is 3. The predicted molar refractivity (Wildman–Crippen MR) is 92.7 cm³/mol. The van der Waals surface area contributed by atoms with E-state index in [2.05, 4.69) is 26.4 Å². The Morgan fingerprint density at radius 2 is 2.17 bits per heavy atom. The maximum atomic E-state index is 5.40. The Morgan fingerprint density at radius 1 is 1.39 bits per heavy atom. The van der Waals surface area contributed by atoms with Gasteiger partial charge in [0.2, 0.25) is 0 Å². The van der Waals surface area contributed by atoms with Crippen LogP contribution < -0.4 is 10.1 Å².